The fraction of sp³-hybridized carbons (Fsp3) is 0.300. The van der Waals surface area contributed by atoms with Gasteiger partial charge in [0.1, 0.15) is 30.9 Å². The molecule has 0 radical (unpaired) electrons. The van der Waals surface area contributed by atoms with Crippen molar-refractivity contribution in [2.24, 2.45) is 0 Å². The van der Waals surface area contributed by atoms with Gasteiger partial charge in [-0.2, -0.15) is 13.2 Å². The number of unbranched alkanes of at least 4 members (excludes halogenated alkanes) is 1. The molecule has 10 heteroatoms. The summed E-state index contributed by atoms with van der Waals surface area (Å²) in [5.41, 5.74) is 2.72. The van der Waals surface area contributed by atoms with Gasteiger partial charge < -0.3 is 18.5 Å². The summed E-state index contributed by atoms with van der Waals surface area (Å²) in [5.74, 6) is 0.774. The lowest BCUT2D eigenvalue weighted by molar-refractivity contribution is -0.143. The molecule has 0 aliphatic carbocycles. The van der Waals surface area contributed by atoms with Crippen molar-refractivity contribution >= 4 is 18.1 Å². The lowest BCUT2D eigenvalue weighted by Gasteiger charge is -2.08. The SMILES string of the molecule is CCOC(=O)Cn1cncc1CCCCc1ccc(OCc2coc(/C=C/c3ccc(C(F)(F)F)cc3)n2)cc1. The summed E-state index contributed by atoms with van der Waals surface area (Å²) in [5, 5.41) is 0. The van der Waals surface area contributed by atoms with E-state index in [1.807, 2.05) is 28.8 Å². The first kappa shape index (κ1) is 28.7. The second-order valence-corrected chi connectivity index (χ2v) is 9.09. The van der Waals surface area contributed by atoms with E-state index in [1.165, 1.54) is 24.0 Å². The Kier molecular flexibility index (Phi) is 9.77. The molecule has 4 rings (SSSR count). The van der Waals surface area contributed by atoms with Crippen LogP contribution in [-0.2, 0) is 41.7 Å². The first-order valence-electron chi connectivity index (χ1n) is 13.0. The van der Waals surface area contributed by atoms with Crippen molar-refractivity contribution in [1.82, 2.24) is 14.5 Å². The largest absolute Gasteiger partial charge is 0.487 e. The monoisotopic (exact) mass is 553 g/mol. The Balaban J connectivity index is 1.18. The Morgan fingerprint density at radius 1 is 1.02 bits per heavy atom. The molecule has 40 heavy (non-hydrogen) atoms. The van der Waals surface area contributed by atoms with Gasteiger partial charge in [0.25, 0.3) is 0 Å². The van der Waals surface area contributed by atoms with Crippen molar-refractivity contribution in [3.8, 4) is 5.75 Å². The minimum atomic E-state index is -4.36. The molecule has 2 aromatic carbocycles. The Hall–Kier alpha value is -4.34. The van der Waals surface area contributed by atoms with Crippen molar-refractivity contribution < 1.29 is 31.9 Å². The minimum absolute atomic E-state index is 0.180. The molecule has 0 aliphatic rings. The topological polar surface area (TPSA) is 79.4 Å². The number of halogens is 3. The highest BCUT2D eigenvalue weighted by Crippen LogP contribution is 2.29. The fourth-order valence-corrected chi connectivity index (χ4v) is 4.01. The molecule has 0 amide bonds. The van der Waals surface area contributed by atoms with Crippen LogP contribution in [0.2, 0.25) is 0 Å². The zero-order valence-electron chi connectivity index (χ0n) is 22.1. The minimum Gasteiger partial charge on any atom is -0.487 e. The molecule has 0 aliphatic heterocycles. The van der Waals surface area contributed by atoms with Crippen LogP contribution in [0.4, 0.5) is 13.2 Å². The number of alkyl halides is 3. The van der Waals surface area contributed by atoms with Gasteiger partial charge in [-0.25, -0.2) is 9.97 Å². The van der Waals surface area contributed by atoms with Crippen LogP contribution in [-0.4, -0.2) is 27.1 Å². The van der Waals surface area contributed by atoms with Gasteiger partial charge in [-0.05, 0) is 74.1 Å². The van der Waals surface area contributed by atoms with Crippen LogP contribution in [0.15, 0.2) is 71.7 Å². The average Bonchev–Trinajstić information content (AvgIpc) is 3.58. The Morgan fingerprint density at radius 3 is 2.50 bits per heavy atom. The van der Waals surface area contributed by atoms with Crippen LogP contribution in [0.25, 0.3) is 12.2 Å². The maximum absolute atomic E-state index is 12.7. The zero-order chi connectivity index (χ0) is 28.4. The van der Waals surface area contributed by atoms with Crippen molar-refractivity contribution in [3.05, 3.63) is 101 Å². The number of nitrogens with zero attached hydrogens (tertiary/aromatic N) is 3. The number of hydrogen-bond donors (Lipinski definition) is 0. The number of benzene rings is 2. The molecule has 0 atom stereocenters. The first-order valence-corrected chi connectivity index (χ1v) is 13.0. The summed E-state index contributed by atoms with van der Waals surface area (Å²) in [6.45, 7) is 2.55. The van der Waals surface area contributed by atoms with Crippen LogP contribution < -0.4 is 4.74 Å². The Bertz CT molecular complexity index is 1390. The van der Waals surface area contributed by atoms with Gasteiger partial charge in [0.05, 0.1) is 18.5 Å². The molecule has 0 N–H and O–H groups in total. The van der Waals surface area contributed by atoms with Gasteiger partial charge in [0.2, 0.25) is 5.89 Å². The van der Waals surface area contributed by atoms with Gasteiger partial charge in [0.15, 0.2) is 0 Å². The number of oxazole rings is 1. The summed E-state index contributed by atoms with van der Waals surface area (Å²) in [6, 6.07) is 12.7. The van der Waals surface area contributed by atoms with E-state index in [9.17, 15) is 18.0 Å². The molecule has 0 unspecified atom stereocenters. The van der Waals surface area contributed by atoms with Gasteiger partial charge >= 0.3 is 12.1 Å². The average molecular weight is 554 g/mol. The summed E-state index contributed by atoms with van der Waals surface area (Å²) < 4.78 is 56.1. The smallest absolute Gasteiger partial charge is 0.416 e. The summed E-state index contributed by atoms with van der Waals surface area (Å²) >= 11 is 0. The standard InChI is InChI=1S/C30H30F3N3O4/c1-2-38-29(37)18-36-21-34-17-26(36)6-4-3-5-22-9-14-27(15-10-22)39-19-25-20-40-28(35-25)16-11-23-7-12-24(13-8-23)30(31,32)33/h7-17,20-21H,2-6,18-19H2,1H3/b16-11+. The third-order valence-corrected chi connectivity index (χ3v) is 6.09. The van der Waals surface area contributed by atoms with E-state index in [4.69, 9.17) is 13.9 Å². The number of carbonyl (C=O) groups is 1. The molecule has 210 valence electrons. The fourth-order valence-electron chi connectivity index (χ4n) is 4.01. The summed E-state index contributed by atoms with van der Waals surface area (Å²) in [4.78, 5) is 20.2. The number of esters is 1. The van der Waals surface area contributed by atoms with Crippen molar-refractivity contribution in [2.75, 3.05) is 6.61 Å². The highest BCUT2D eigenvalue weighted by atomic mass is 19.4. The molecule has 0 bridgehead atoms. The molecule has 0 fully saturated rings. The molecule has 0 saturated carbocycles. The zero-order valence-corrected chi connectivity index (χ0v) is 22.1. The van der Waals surface area contributed by atoms with E-state index >= 15 is 0 Å². The van der Waals surface area contributed by atoms with Crippen molar-refractivity contribution in [2.45, 2.75) is 51.9 Å². The molecule has 4 aromatic rings. The molecular formula is C30H30F3N3O4. The van der Waals surface area contributed by atoms with Gasteiger partial charge in [-0.1, -0.05) is 24.3 Å². The van der Waals surface area contributed by atoms with E-state index in [0.717, 1.165) is 43.5 Å². The highest BCUT2D eigenvalue weighted by Gasteiger charge is 2.29. The van der Waals surface area contributed by atoms with Crippen LogP contribution >= 0.6 is 0 Å². The van der Waals surface area contributed by atoms with Crippen LogP contribution in [0, 0.1) is 0 Å². The maximum Gasteiger partial charge on any atom is 0.416 e. The van der Waals surface area contributed by atoms with E-state index in [-0.39, 0.29) is 19.1 Å². The van der Waals surface area contributed by atoms with E-state index in [1.54, 1.807) is 31.6 Å². The van der Waals surface area contributed by atoms with E-state index in [2.05, 4.69) is 9.97 Å². The van der Waals surface area contributed by atoms with Crippen LogP contribution in [0.3, 0.4) is 0 Å². The van der Waals surface area contributed by atoms with Gasteiger partial charge in [0, 0.05) is 18.0 Å². The number of rotatable bonds is 13. The highest BCUT2D eigenvalue weighted by molar-refractivity contribution is 5.69. The lowest BCUT2D eigenvalue weighted by Crippen LogP contribution is -2.14. The number of aryl methyl sites for hydroxylation is 2. The number of hydrogen-bond acceptors (Lipinski definition) is 6. The second-order valence-electron chi connectivity index (χ2n) is 9.09. The predicted molar refractivity (Wildman–Crippen MR) is 143 cm³/mol. The molecular weight excluding hydrogens is 523 g/mol. The van der Waals surface area contributed by atoms with Gasteiger partial charge in [-0.15, -0.1) is 0 Å². The summed E-state index contributed by atoms with van der Waals surface area (Å²) in [7, 11) is 0. The Labute approximate surface area is 230 Å². The number of aromatic nitrogens is 3. The quantitative estimate of drug-likeness (QED) is 0.134. The molecule has 7 nitrogen and oxygen atoms in total. The predicted octanol–water partition coefficient (Wildman–Crippen LogP) is 6.77. The maximum atomic E-state index is 12.7. The van der Waals surface area contributed by atoms with Gasteiger partial charge in [-0.3, -0.25) is 4.79 Å². The number of imidazole rings is 1. The van der Waals surface area contributed by atoms with Crippen LogP contribution in [0.5, 0.6) is 5.75 Å². The molecule has 2 heterocycles. The third kappa shape index (κ3) is 8.59. The van der Waals surface area contributed by atoms with E-state index < -0.39 is 11.7 Å². The van der Waals surface area contributed by atoms with Crippen LogP contribution in [0.1, 0.15) is 53.7 Å². The third-order valence-electron chi connectivity index (χ3n) is 6.09. The first-order chi connectivity index (χ1) is 19.3. The molecule has 0 spiro atoms. The molecule has 2 aromatic heterocycles. The Morgan fingerprint density at radius 2 is 1.77 bits per heavy atom. The second kappa shape index (κ2) is 13.6. The summed E-state index contributed by atoms with van der Waals surface area (Å²) in [6.07, 6.45) is 7.51. The number of ether oxygens (including phenoxy) is 2. The molecule has 0 saturated heterocycles. The van der Waals surface area contributed by atoms with E-state index in [0.29, 0.717) is 29.5 Å². The van der Waals surface area contributed by atoms with Crippen molar-refractivity contribution in [1.29, 1.82) is 0 Å². The number of carbonyl (C=O) groups excluding carboxylic acids is 1. The lowest BCUT2D eigenvalue weighted by atomic mass is 10.1. The normalized spacial score (nSPS) is 11.7. The van der Waals surface area contributed by atoms with Crippen molar-refractivity contribution in [3.63, 3.8) is 0 Å².